The Hall–Kier alpha value is -2.83. The lowest BCUT2D eigenvalue weighted by Gasteiger charge is -2.27. The molecule has 0 bridgehead atoms. The Kier molecular flexibility index (Phi) is 5.79. The molecule has 0 unspecified atom stereocenters. The van der Waals surface area contributed by atoms with Crippen LogP contribution in [0, 0.1) is 0 Å². The van der Waals surface area contributed by atoms with Gasteiger partial charge in [-0.25, -0.2) is 13.4 Å². The zero-order valence-electron chi connectivity index (χ0n) is 16.6. The zero-order chi connectivity index (χ0) is 21.1. The highest BCUT2D eigenvalue weighted by molar-refractivity contribution is 7.92. The van der Waals surface area contributed by atoms with E-state index in [9.17, 15) is 8.42 Å². The van der Waals surface area contributed by atoms with Gasteiger partial charge in [0.2, 0.25) is 0 Å². The van der Waals surface area contributed by atoms with E-state index in [0.717, 1.165) is 23.9 Å². The van der Waals surface area contributed by atoms with Gasteiger partial charge in [0.15, 0.2) is 0 Å². The molecule has 0 N–H and O–H groups in total. The van der Waals surface area contributed by atoms with Crippen molar-refractivity contribution in [2.75, 3.05) is 10.8 Å². The lowest BCUT2D eigenvalue weighted by Crippen LogP contribution is -2.33. The van der Waals surface area contributed by atoms with Gasteiger partial charge in [0.05, 0.1) is 16.3 Å². The number of nitrogens with zero attached hydrogens (tertiary/aromatic N) is 3. The number of hydrogen-bond donors (Lipinski definition) is 0. The number of sulfonamides is 1. The van der Waals surface area contributed by atoms with E-state index in [1.165, 1.54) is 4.31 Å². The van der Waals surface area contributed by atoms with E-state index in [4.69, 9.17) is 11.6 Å². The highest BCUT2D eigenvalue weighted by atomic mass is 35.5. The molecule has 0 saturated carbocycles. The first-order chi connectivity index (χ1) is 14.5. The smallest absolute Gasteiger partial charge is 0.264 e. The molecule has 0 atom stereocenters. The second-order valence-electron chi connectivity index (χ2n) is 6.98. The van der Waals surface area contributed by atoms with E-state index in [1.807, 2.05) is 35.9 Å². The van der Waals surface area contributed by atoms with Crippen molar-refractivity contribution in [3.8, 4) is 5.69 Å². The van der Waals surface area contributed by atoms with Crippen molar-refractivity contribution in [1.82, 2.24) is 9.55 Å². The van der Waals surface area contributed by atoms with Crippen molar-refractivity contribution < 1.29 is 8.42 Å². The third-order valence-electron chi connectivity index (χ3n) is 4.96. The number of benzene rings is 2. The van der Waals surface area contributed by atoms with Crippen molar-refractivity contribution in [3.63, 3.8) is 0 Å². The van der Waals surface area contributed by atoms with E-state index in [1.54, 1.807) is 54.7 Å². The summed E-state index contributed by atoms with van der Waals surface area (Å²) in [5, 5.41) is 1.49. The third-order valence-corrected chi connectivity index (χ3v) is 7.02. The largest absolute Gasteiger partial charge is 0.299 e. The molecule has 5 nitrogen and oxygen atoms in total. The van der Waals surface area contributed by atoms with Crippen LogP contribution in [0.25, 0.3) is 16.7 Å². The summed E-state index contributed by atoms with van der Waals surface area (Å²) in [6.45, 7) is 2.41. The standard InChI is InChI=1S/C23H22ClN3O2S/c1-2-3-15-27(30(28,29)20-9-5-4-6-10-20)21-12-11-19(24)17-22(21)26-16-13-18-8-7-14-25-23(18)26/h4-14,16-17H,2-3,15H2,1H3. The van der Waals surface area contributed by atoms with Crippen LogP contribution < -0.4 is 4.31 Å². The molecule has 4 rings (SSSR count). The topological polar surface area (TPSA) is 55.2 Å². The van der Waals surface area contributed by atoms with Crippen molar-refractivity contribution in [2.24, 2.45) is 0 Å². The second-order valence-corrected chi connectivity index (χ2v) is 9.28. The molecular formula is C23H22ClN3O2S. The van der Waals surface area contributed by atoms with Crippen LogP contribution in [0.1, 0.15) is 19.8 Å². The minimum absolute atomic E-state index is 0.262. The molecule has 2 aromatic carbocycles. The molecule has 30 heavy (non-hydrogen) atoms. The molecule has 2 heterocycles. The molecule has 154 valence electrons. The Morgan fingerprint density at radius 3 is 2.60 bits per heavy atom. The van der Waals surface area contributed by atoms with Crippen molar-refractivity contribution in [2.45, 2.75) is 24.7 Å². The van der Waals surface area contributed by atoms with Gasteiger partial charge in [-0.15, -0.1) is 0 Å². The highest BCUT2D eigenvalue weighted by Gasteiger charge is 2.27. The maximum absolute atomic E-state index is 13.6. The normalized spacial score (nSPS) is 11.7. The van der Waals surface area contributed by atoms with Crippen LogP contribution >= 0.6 is 11.6 Å². The third kappa shape index (κ3) is 3.80. The fourth-order valence-electron chi connectivity index (χ4n) is 3.45. The number of pyridine rings is 1. The molecule has 0 aliphatic rings. The first-order valence-electron chi connectivity index (χ1n) is 9.82. The maximum atomic E-state index is 13.6. The van der Waals surface area contributed by atoms with Gasteiger partial charge in [-0.1, -0.05) is 43.1 Å². The van der Waals surface area contributed by atoms with Gasteiger partial charge in [0, 0.05) is 29.3 Å². The molecule has 0 amide bonds. The first kappa shape index (κ1) is 20.4. The Balaban J connectivity index is 1.92. The van der Waals surface area contributed by atoms with Crippen LogP contribution in [0.5, 0.6) is 0 Å². The Labute approximate surface area is 181 Å². The summed E-state index contributed by atoms with van der Waals surface area (Å²) in [6, 6.07) is 19.6. The summed E-state index contributed by atoms with van der Waals surface area (Å²) in [5.74, 6) is 0. The first-order valence-corrected chi connectivity index (χ1v) is 11.6. The van der Waals surface area contributed by atoms with Gasteiger partial charge < -0.3 is 0 Å². The van der Waals surface area contributed by atoms with Crippen molar-refractivity contribution in [3.05, 3.63) is 84.1 Å². The Morgan fingerprint density at radius 2 is 1.83 bits per heavy atom. The van der Waals surface area contributed by atoms with Gasteiger partial charge in [-0.05, 0) is 55.0 Å². The fraction of sp³-hybridized carbons (Fsp3) is 0.174. The quantitative estimate of drug-likeness (QED) is 0.372. The molecule has 0 fully saturated rings. The number of aromatic nitrogens is 2. The molecule has 0 radical (unpaired) electrons. The van der Waals surface area contributed by atoms with E-state index in [-0.39, 0.29) is 4.90 Å². The van der Waals surface area contributed by atoms with Gasteiger partial charge in [0.1, 0.15) is 5.65 Å². The number of anilines is 1. The SMILES string of the molecule is CCCCN(c1ccc(Cl)cc1-n1ccc2cccnc21)S(=O)(=O)c1ccccc1. The van der Waals surface area contributed by atoms with E-state index >= 15 is 0 Å². The predicted molar refractivity (Wildman–Crippen MR) is 122 cm³/mol. The summed E-state index contributed by atoms with van der Waals surface area (Å²) < 4.78 is 30.5. The molecule has 2 aromatic heterocycles. The Morgan fingerprint density at radius 1 is 1.03 bits per heavy atom. The fourth-order valence-corrected chi connectivity index (χ4v) is 5.16. The van der Waals surface area contributed by atoms with Crippen molar-refractivity contribution >= 4 is 38.3 Å². The van der Waals surface area contributed by atoms with Crippen LogP contribution in [-0.4, -0.2) is 24.5 Å². The summed E-state index contributed by atoms with van der Waals surface area (Å²) in [5.41, 5.74) is 1.99. The van der Waals surface area contributed by atoms with E-state index in [2.05, 4.69) is 4.98 Å². The minimum Gasteiger partial charge on any atom is -0.299 e. The maximum Gasteiger partial charge on any atom is 0.264 e. The van der Waals surface area contributed by atoms with Crippen LogP contribution in [0.2, 0.25) is 5.02 Å². The number of hydrogen-bond acceptors (Lipinski definition) is 3. The lowest BCUT2D eigenvalue weighted by atomic mass is 10.2. The van der Waals surface area contributed by atoms with Crippen LogP contribution in [0.3, 0.4) is 0 Å². The summed E-state index contributed by atoms with van der Waals surface area (Å²) in [6.07, 6.45) is 5.22. The number of fused-ring (bicyclic) bond motifs is 1. The molecule has 0 spiro atoms. The molecule has 0 saturated heterocycles. The van der Waals surface area contributed by atoms with E-state index in [0.29, 0.717) is 22.9 Å². The van der Waals surface area contributed by atoms with Gasteiger partial charge >= 0.3 is 0 Å². The van der Waals surface area contributed by atoms with Gasteiger partial charge in [0.25, 0.3) is 10.0 Å². The number of unbranched alkanes of at least 4 members (excludes halogenated alkanes) is 1. The minimum atomic E-state index is -3.75. The van der Waals surface area contributed by atoms with Crippen LogP contribution in [-0.2, 0) is 10.0 Å². The summed E-state index contributed by atoms with van der Waals surface area (Å²) in [7, 11) is -3.75. The lowest BCUT2D eigenvalue weighted by molar-refractivity contribution is 0.588. The van der Waals surface area contributed by atoms with Gasteiger partial charge in [-0.2, -0.15) is 0 Å². The molecule has 0 aliphatic heterocycles. The molecule has 0 aliphatic carbocycles. The zero-order valence-corrected chi connectivity index (χ0v) is 18.1. The van der Waals surface area contributed by atoms with Crippen LogP contribution in [0.4, 0.5) is 5.69 Å². The summed E-state index contributed by atoms with van der Waals surface area (Å²) >= 11 is 6.32. The average molecular weight is 440 g/mol. The molecular weight excluding hydrogens is 418 g/mol. The molecule has 4 aromatic rings. The monoisotopic (exact) mass is 439 g/mol. The number of halogens is 1. The Bertz CT molecular complexity index is 1270. The van der Waals surface area contributed by atoms with Gasteiger partial charge in [-0.3, -0.25) is 8.87 Å². The van der Waals surface area contributed by atoms with E-state index < -0.39 is 10.0 Å². The average Bonchev–Trinajstić information content (AvgIpc) is 3.19. The predicted octanol–water partition coefficient (Wildman–Crippen LogP) is 5.67. The van der Waals surface area contributed by atoms with Crippen molar-refractivity contribution in [1.29, 1.82) is 0 Å². The second kappa shape index (κ2) is 8.50. The summed E-state index contributed by atoms with van der Waals surface area (Å²) in [4.78, 5) is 4.74. The number of rotatable bonds is 7. The molecule has 7 heteroatoms. The highest BCUT2D eigenvalue weighted by Crippen LogP contribution is 2.34. The van der Waals surface area contributed by atoms with Crippen LogP contribution in [0.15, 0.2) is 84.0 Å².